The third-order valence-corrected chi connectivity index (χ3v) is 4.68. The Labute approximate surface area is 141 Å². The summed E-state index contributed by atoms with van der Waals surface area (Å²) in [5.41, 5.74) is 0.266. The van der Waals surface area contributed by atoms with E-state index in [1.165, 1.54) is 0 Å². The highest BCUT2D eigenvalue weighted by molar-refractivity contribution is 7.98. The van der Waals surface area contributed by atoms with E-state index in [-0.39, 0.29) is 17.7 Å². The lowest BCUT2D eigenvalue weighted by molar-refractivity contribution is -0.131. The molecule has 0 spiro atoms. The Hall–Kier alpha value is -1.37. The number of Topliss-reactive ketones (excluding diaryl/α,β-unsaturated/α-hetero) is 1. The molecular formula is C17H24N2O3S. The van der Waals surface area contributed by atoms with Crippen LogP contribution in [-0.2, 0) is 20.7 Å². The minimum absolute atomic E-state index is 0.0614. The van der Waals surface area contributed by atoms with Crippen LogP contribution in [0.5, 0.6) is 0 Å². The van der Waals surface area contributed by atoms with Crippen LogP contribution >= 0.6 is 11.8 Å². The third kappa shape index (κ3) is 4.80. The van der Waals surface area contributed by atoms with Gasteiger partial charge in [-0.25, -0.2) is 0 Å². The summed E-state index contributed by atoms with van der Waals surface area (Å²) >= 11 is 1.59. The topological polar surface area (TPSA) is 70.7 Å². The smallest absolute Gasteiger partial charge is 0.238 e. The maximum absolute atomic E-state index is 12.7. The molecule has 0 bridgehead atoms. The van der Waals surface area contributed by atoms with Gasteiger partial charge < -0.3 is 15.4 Å². The number of hydrogen-bond acceptors (Lipinski definition) is 5. The summed E-state index contributed by atoms with van der Waals surface area (Å²) in [6, 6.07) is 8.81. The Morgan fingerprint density at radius 2 is 1.96 bits per heavy atom. The van der Waals surface area contributed by atoms with E-state index >= 15 is 0 Å². The van der Waals surface area contributed by atoms with E-state index < -0.39 is 11.6 Å². The maximum atomic E-state index is 12.7. The molecule has 1 aliphatic rings. The fourth-order valence-corrected chi connectivity index (χ4v) is 3.06. The standard InChI is InChI=1S/C17H24N2O3S/c1-17(11-22-17)15(20)13(9-12-7-5-4-6-8-12)19-16(21)14(18-2)10-23-3/h4-8,13-14,18H,9-11H2,1-3H3,(H,19,21). The number of ketones is 1. The zero-order chi connectivity index (χ0) is 16.9. The zero-order valence-corrected chi connectivity index (χ0v) is 14.6. The van der Waals surface area contributed by atoms with E-state index in [1.54, 1.807) is 25.7 Å². The summed E-state index contributed by atoms with van der Waals surface area (Å²) in [7, 11) is 1.75. The fraction of sp³-hybridized carbons (Fsp3) is 0.529. The molecule has 1 amide bonds. The summed E-state index contributed by atoms with van der Waals surface area (Å²) in [4.78, 5) is 25.1. The molecule has 3 unspecified atom stereocenters. The number of epoxide rings is 1. The summed E-state index contributed by atoms with van der Waals surface area (Å²) in [6.45, 7) is 2.20. The van der Waals surface area contributed by atoms with Crippen LogP contribution in [0.2, 0.25) is 0 Å². The van der Waals surface area contributed by atoms with Crippen molar-refractivity contribution < 1.29 is 14.3 Å². The van der Waals surface area contributed by atoms with E-state index in [0.29, 0.717) is 18.8 Å². The van der Waals surface area contributed by atoms with Gasteiger partial charge >= 0.3 is 0 Å². The maximum Gasteiger partial charge on any atom is 0.238 e. The Bertz CT molecular complexity index is 546. The van der Waals surface area contributed by atoms with Crippen molar-refractivity contribution in [1.82, 2.24) is 10.6 Å². The Morgan fingerprint density at radius 3 is 2.48 bits per heavy atom. The number of carbonyl (C=O) groups excluding carboxylic acids is 2. The summed E-state index contributed by atoms with van der Waals surface area (Å²) < 4.78 is 5.27. The lowest BCUT2D eigenvalue weighted by Crippen LogP contribution is -2.53. The molecular weight excluding hydrogens is 312 g/mol. The van der Waals surface area contributed by atoms with Crippen LogP contribution in [0.25, 0.3) is 0 Å². The fourth-order valence-electron chi connectivity index (χ4n) is 2.41. The zero-order valence-electron chi connectivity index (χ0n) is 13.8. The lowest BCUT2D eigenvalue weighted by Gasteiger charge is -2.23. The molecule has 2 N–H and O–H groups in total. The Morgan fingerprint density at radius 1 is 1.30 bits per heavy atom. The molecule has 6 heteroatoms. The van der Waals surface area contributed by atoms with E-state index in [4.69, 9.17) is 4.74 Å². The van der Waals surface area contributed by atoms with Gasteiger partial charge in [-0.15, -0.1) is 0 Å². The molecule has 1 aromatic rings. The highest BCUT2D eigenvalue weighted by atomic mass is 32.2. The minimum Gasteiger partial charge on any atom is -0.361 e. The van der Waals surface area contributed by atoms with Crippen molar-refractivity contribution >= 4 is 23.5 Å². The summed E-state index contributed by atoms with van der Waals surface area (Å²) in [5, 5.41) is 5.89. The molecule has 2 rings (SSSR count). The number of carbonyl (C=O) groups is 2. The van der Waals surface area contributed by atoms with Crippen molar-refractivity contribution in [3.8, 4) is 0 Å². The first kappa shape index (κ1) is 18.0. The Balaban J connectivity index is 2.10. The number of hydrogen-bond donors (Lipinski definition) is 2. The molecule has 1 saturated heterocycles. The molecule has 0 radical (unpaired) electrons. The number of thioether (sulfide) groups is 1. The van der Waals surface area contributed by atoms with Crippen molar-refractivity contribution in [3.05, 3.63) is 35.9 Å². The summed E-state index contributed by atoms with van der Waals surface area (Å²) in [5.74, 6) is 0.441. The van der Waals surface area contributed by atoms with Gasteiger partial charge in [-0.2, -0.15) is 11.8 Å². The average Bonchev–Trinajstić information content (AvgIpc) is 3.31. The van der Waals surface area contributed by atoms with Gasteiger partial charge in [0.15, 0.2) is 5.78 Å². The van der Waals surface area contributed by atoms with Crippen LogP contribution < -0.4 is 10.6 Å². The number of benzene rings is 1. The first-order chi connectivity index (χ1) is 11.0. The van der Waals surface area contributed by atoms with Crippen LogP contribution in [0.3, 0.4) is 0 Å². The largest absolute Gasteiger partial charge is 0.361 e. The van der Waals surface area contributed by atoms with Gasteiger partial charge in [0.2, 0.25) is 5.91 Å². The Kier molecular flexibility index (Phi) is 6.21. The van der Waals surface area contributed by atoms with Crippen LogP contribution in [0, 0.1) is 0 Å². The minimum atomic E-state index is -0.749. The quantitative estimate of drug-likeness (QED) is 0.659. The molecule has 5 nitrogen and oxygen atoms in total. The average molecular weight is 336 g/mol. The number of rotatable bonds is 9. The van der Waals surface area contributed by atoms with Gasteiger partial charge in [0.25, 0.3) is 0 Å². The van der Waals surface area contributed by atoms with Gasteiger partial charge in [0, 0.05) is 5.75 Å². The van der Waals surface area contributed by atoms with Crippen molar-refractivity contribution in [3.63, 3.8) is 0 Å². The van der Waals surface area contributed by atoms with Gasteiger partial charge in [-0.3, -0.25) is 9.59 Å². The molecule has 1 fully saturated rings. The van der Waals surface area contributed by atoms with Crippen LogP contribution in [-0.4, -0.2) is 55.0 Å². The third-order valence-electron chi connectivity index (χ3n) is 4.01. The van der Waals surface area contributed by atoms with Crippen molar-refractivity contribution in [2.24, 2.45) is 0 Å². The number of nitrogens with one attached hydrogen (secondary N) is 2. The lowest BCUT2D eigenvalue weighted by atomic mass is 9.94. The molecule has 3 atom stereocenters. The SMILES string of the molecule is CNC(CSC)C(=O)NC(Cc1ccccc1)C(=O)C1(C)CO1. The van der Waals surface area contributed by atoms with Crippen molar-refractivity contribution in [1.29, 1.82) is 0 Å². The molecule has 1 aliphatic heterocycles. The van der Waals surface area contributed by atoms with Crippen LogP contribution in [0.15, 0.2) is 30.3 Å². The highest BCUT2D eigenvalue weighted by Gasteiger charge is 2.50. The predicted molar refractivity (Wildman–Crippen MR) is 92.7 cm³/mol. The number of ether oxygens (including phenoxy) is 1. The van der Waals surface area contributed by atoms with Gasteiger partial charge in [-0.1, -0.05) is 30.3 Å². The van der Waals surface area contributed by atoms with Crippen molar-refractivity contribution in [2.75, 3.05) is 25.7 Å². The second-order valence-electron chi connectivity index (χ2n) is 5.93. The monoisotopic (exact) mass is 336 g/mol. The molecule has 0 aliphatic carbocycles. The van der Waals surface area contributed by atoms with Crippen LogP contribution in [0.4, 0.5) is 0 Å². The van der Waals surface area contributed by atoms with E-state index in [2.05, 4.69) is 10.6 Å². The second-order valence-corrected chi connectivity index (χ2v) is 6.84. The number of likely N-dealkylation sites (N-methyl/N-ethyl adjacent to an activating group) is 1. The van der Waals surface area contributed by atoms with Crippen LogP contribution in [0.1, 0.15) is 12.5 Å². The predicted octanol–water partition coefficient (Wildman–Crippen LogP) is 1.02. The first-order valence-corrected chi connectivity index (χ1v) is 9.08. The van der Waals surface area contributed by atoms with Gasteiger partial charge in [0.05, 0.1) is 18.7 Å². The molecule has 1 aromatic carbocycles. The van der Waals surface area contributed by atoms with Gasteiger partial charge in [-0.05, 0) is 32.2 Å². The normalized spacial score (nSPS) is 22.2. The molecule has 126 valence electrons. The molecule has 0 aromatic heterocycles. The number of amides is 1. The van der Waals surface area contributed by atoms with Gasteiger partial charge in [0.1, 0.15) is 5.60 Å². The summed E-state index contributed by atoms with van der Waals surface area (Å²) in [6.07, 6.45) is 2.42. The molecule has 1 heterocycles. The highest BCUT2D eigenvalue weighted by Crippen LogP contribution is 2.29. The van der Waals surface area contributed by atoms with E-state index in [9.17, 15) is 9.59 Å². The second kappa shape index (κ2) is 7.95. The van der Waals surface area contributed by atoms with Crippen molar-refractivity contribution in [2.45, 2.75) is 31.0 Å². The first-order valence-electron chi connectivity index (χ1n) is 7.69. The van der Waals surface area contributed by atoms with E-state index in [0.717, 1.165) is 5.56 Å². The molecule has 23 heavy (non-hydrogen) atoms. The molecule has 0 saturated carbocycles. The van der Waals surface area contributed by atoms with E-state index in [1.807, 2.05) is 36.6 Å².